The Morgan fingerprint density at radius 1 is 1.67 bits per heavy atom. The lowest BCUT2D eigenvalue weighted by atomic mass is 10.4. The molecule has 0 aliphatic heterocycles. The van der Waals surface area contributed by atoms with Gasteiger partial charge in [0.1, 0.15) is 0 Å². The lowest BCUT2D eigenvalue weighted by Gasteiger charge is -1.95. The van der Waals surface area contributed by atoms with Crippen LogP contribution in [0.5, 0.6) is 0 Å². The maximum atomic E-state index is 4.18. The number of rotatable bonds is 1. The first-order valence-corrected chi connectivity index (χ1v) is 3.04. The highest BCUT2D eigenvalue weighted by Crippen LogP contribution is 1.99. The lowest BCUT2D eigenvalue weighted by molar-refractivity contribution is 0.670. The van der Waals surface area contributed by atoms with Gasteiger partial charge < -0.3 is 0 Å². The molecule has 0 N–H and O–H groups in total. The topological polar surface area (TPSA) is 17.8 Å². The summed E-state index contributed by atoms with van der Waals surface area (Å²) in [6, 6.07) is 2.05. The van der Waals surface area contributed by atoms with Crippen LogP contribution in [0.25, 0.3) is 0 Å². The zero-order valence-corrected chi connectivity index (χ0v) is 5.89. The molecule has 0 saturated carbocycles. The quantitative estimate of drug-likeness (QED) is 0.551. The van der Waals surface area contributed by atoms with E-state index in [4.69, 9.17) is 0 Å². The number of aryl methyl sites for hydroxylation is 2. The number of aromatic nitrogens is 2. The molecule has 0 unspecified atom stereocenters. The molecule has 49 valence electrons. The van der Waals surface area contributed by atoms with E-state index in [2.05, 4.69) is 12.0 Å². The lowest BCUT2D eigenvalue weighted by Crippen LogP contribution is -1.98. The zero-order valence-electron chi connectivity index (χ0n) is 5.89. The molecule has 0 aliphatic carbocycles. The Morgan fingerprint density at radius 3 is 2.56 bits per heavy atom. The highest BCUT2D eigenvalue weighted by atomic mass is 15.3. The molecule has 0 spiro atoms. The molecule has 0 aromatic carbocycles. The molecule has 9 heavy (non-hydrogen) atoms. The summed E-state index contributed by atoms with van der Waals surface area (Å²) in [5.74, 6) is 0. The molecule has 0 aliphatic rings. The minimum atomic E-state index is 0.722. The van der Waals surface area contributed by atoms with Gasteiger partial charge in [0.15, 0.2) is 0 Å². The second-order valence-corrected chi connectivity index (χ2v) is 2.15. The minimum absolute atomic E-state index is 0.722. The van der Waals surface area contributed by atoms with Crippen molar-refractivity contribution in [3.63, 3.8) is 0 Å². The van der Waals surface area contributed by atoms with Gasteiger partial charge in [-0.15, -0.1) is 0 Å². The van der Waals surface area contributed by atoms with Gasteiger partial charge in [0.2, 0.25) is 0 Å². The van der Waals surface area contributed by atoms with Crippen molar-refractivity contribution in [3.05, 3.63) is 24.4 Å². The summed E-state index contributed by atoms with van der Waals surface area (Å²) in [7, 11) is 0. The minimum Gasteiger partial charge on any atom is -0.270 e. The Bertz CT molecular complexity index is 201. The maximum Gasteiger partial charge on any atom is 0.0596 e. The smallest absolute Gasteiger partial charge is 0.0596 e. The van der Waals surface area contributed by atoms with E-state index in [-0.39, 0.29) is 0 Å². The van der Waals surface area contributed by atoms with Crippen LogP contribution in [0.4, 0.5) is 0 Å². The van der Waals surface area contributed by atoms with Gasteiger partial charge in [0, 0.05) is 12.2 Å². The standard InChI is InChI=1S/C7H11N2/c1-4-9-7(3)5-6(2)8-9/h5H,1,4H2,2-3H3. The van der Waals surface area contributed by atoms with Crippen molar-refractivity contribution in [2.75, 3.05) is 0 Å². The second kappa shape index (κ2) is 2.21. The monoisotopic (exact) mass is 123 g/mol. The van der Waals surface area contributed by atoms with Crippen LogP contribution in [0.2, 0.25) is 0 Å². The van der Waals surface area contributed by atoms with Gasteiger partial charge in [-0.3, -0.25) is 4.68 Å². The summed E-state index contributed by atoms with van der Waals surface area (Å²) in [4.78, 5) is 0. The maximum absolute atomic E-state index is 4.18. The summed E-state index contributed by atoms with van der Waals surface area (Å²) in [5, 5.41) is 4.18. The molecular formula is C7H11N2. The van der Waals surface area contributed by atoms with Crippen molar-refractivity contribution < 1.29 is 0 Å². The Kier molecular flexibility index (Phi) is 1.56. The first-order valence-electron chi connectivity index (χ1n) is 3.04. The number of nitrogens with zero attached hydrogens (tertiary/aromatic N) is 2. The van der Waals surface area contributed by atoms with E-state index < -0.39 is 0 Å². The van der Waals surface area contributed by atoms with E-state index in [1.807, 2.05) is 24.6 Å². The molecule has 0 atom stereocenters. The summed E-state index contributed by atoms with van der Waals surface area (Å²) in [6.07, 6.45) is 0. The Hall–Kier alpha value is -0.790. The molecule has 0 bridgehead atoms. The van der Waals surface area contributed by atoms with E-state index in [9.17, 15) is 0 Å². The van der Waals surface area contributed by atoms with E-state index >= 15 is 0 Å². The van der Waals surface area contributed by atoms with Gasteiger partial charge in [-0.1, -0.05) is 0 Å². The average molecular weight is 123 g/mol. The molecule has 0 amide bonds. The first-order chi connectivity index (χ1) is 4.24. The van der Waals surface area contributed by atoms with Crippen LogP contribution in [0, 0.1) is 20.8 Å². The van der Waals surface area contributed by atoms with Crippen LogP contribution in [0.3, 0.4) is 0 Å². The fourth-order valence-electron chi connectivity index (χ4n) is 0.901. The fourth-order valence-corrected chi connectivity index (χ4v) is 0.901. The van der Waals surface area contributed by atoms with Crippen molar-refractivity contribution in [2.45, 2.75) is 20.4 Å². The molecule has 0 saturated heterocycles. The van der Waals surface area contributed by atoms with E-state index in [1.54, 1.807) is 0 Å². The van der Waals surface area contributed by atoms with Crippen LogP contribution < -0.4 is 0 Å². The molecule has 1 aromatic rings. The van der Waals surface area contributed by atoms with Gasteiger partial charge in [0.05, 0.1) is 5.69 Å². The predicted octanol–water partition coefficient (Wildman–Crippen LogP) is 1.33. The molecule has 1 radical (unpaired) electrons. The third-order valence-corrected chi connectivity index (χ3v) is 1.32. The first kappa shape index (κ1) is 6.33. The van der Waals surface area contributed by atoms with Crippen LogP contribution in [0.1, 0.15) is 11.4 Å². The largest absolute Gasteiger partial charge is 0.270 e. The molecular weight excluding hydrogens is 112 g/mol. The summed E-state index contributed by atoms with van der Waals surface area (Å²) in [6.45, 7) is 8.47. The molecule has 2 nitrogen and oxygen atoms in total. The SMILES string of the molecule is [CH2]Cn1nc(C)cc1C. The third kappa shape index (κ3) is 1.12. The van der Waals surface area contributed by atoms with Gasteiger partial charge in [-0.05, 0) is 26.8 Å². The van der Waals surface area contributed by atoms with Gasteiger partial charge in [0.25, 0.3) is 0 Å². The van der Waals surface area contributed by atoms with Crippen LogP contribution in [-0.4, -0.2) is 9.78 Å². The summed E-state index contributed by atoms with van der Waals surface area (Å²) in [5.41, 5.74) is 2.25. The number of hydrogen-bond acceptors (Lipinski definition) is 1. The molecule has 1 aromatic heterocycles. The van der Waals surface area contributed by atoms with Crippen molar-refractivity contribution in [1.82, 2.24) is 9.78 Å². The Labute approximate surface area is 55.5 Å². The normalized spacial score (nSPS) is 10.1. The number of hydrogen-bond donors (Lipinski definition) is 0. The Balaban J connectivity index is 3.01. The highest BCUT2D eigenvalue weighted by Gasteiger charge is 1.95. The Morgan fingerprint density at radius 2 is 2.33 bits per heavy atom. The van der Waals surface area contributed by atoms with Crippen LogP contribution in [-0.2, 0) is 6.54 Å². The second-order valence-electron chi connectivity index (χ2n) is 2.15. The molecule has 2 heteroatoms. The van der Waals surface area contributed by atoms with Crippen LogP contribution >= 0.6 is 0 Å². The van der Waals surface area contributed by atoms with Crippen molar-refractivity contribution in [1.29, 1.82) is 0 Å². The third-order valence-electron chi connectivity index (χ3n) is 1.32. The van der Waals surface area contributed by atoms with E-state index in [0.29, 0.717) is 0 Å². The fraction of sp³-hybridized carbons (Fsp3) is 0.429. The zero-order chi connectivity index (χ0) is 6.85. The van der Waals surface area contributed by atoms with Crippen molar-refractivity contribution in [3.8, 4) is 0 Å². The molecule has 0 fully saturated rings. The van der Waals surface area contributed by atoms with E-state index in [1.165, 1.54) is 5.69 Å². The van der Waals surface area contributed by atoms with Crippen LogP contribution in [0.15, 0.2) is 6.07 Å². The highest BCUT2D eigenvalue weighted by molar-refractivity contribution is 5.06. The summed E-state index contributed by atoms with van der Waals surface area (Å²) < 4.78 is 1.88. The van der Waals surface area contributed by atoms with Gasteiger partial charge in [-0.2, -0.15) is 5.10 Å². The van der Waals surface area contributed by atoms with Crippen molar-refractivity contribution >= 4 is 0 Å². The predicted molar refractivity (Wildman–Crippen MR) is 37.1 cm³/mol. The van der Waals surface area contributed by atoms with Crippen molar-refractivity contribution in [2.24, 2.45) is 0 Å². The molecule has 1 rings (SSSR count). The van der Waals surface area contributed by atoms with Gasteiger partial charge in [-0.25, -0.2) is 0 Å². The van der Waals surface area contributed by atoms with E-state index in [0.717, 1.165) is 12.2 Å². The van der Waals surface area contributed by atoms with Gasteiger partial charge >= 0.3 is 0 Å². The summed E-state index contributed by atoms with van der Waals surface area (Å²) >= 11 is 0. The molecule has 1 heterocycles. The average Bonchev–Trinajstić information content (AvgIpc) is 2.10.